The van der Waals surface area contributed by atoms with Gasteiger partial charge in [0.05, 0.1) is 12.4 Å². The summed E-state index contributed by atoms with van der Waals surface area (Å²) in [5.41, 5.74) is 2.54. The number of nitrogens with zero attached hydrogens (tertiary/aromatic N) is 3. The van der Waals surface area contributed by atoms with Crippen molar-refractivity contribution >= 4 is 0 Å². The Balaban J connectivity index is 1.91. The van der Waals surface area contributed by atoms with Crippen molar-refractivity contribution in [3.8, 4) is 0 Å². The van der Waals surface area contributed by atoms with Gasteiger partial charge in [-0.3, -0.25) is 4.98 Å². The fourth-order valence-corrected chi connectivity index (χ4v) is 2.24. The van der Waals surface area contributed by atoms with Gasteiger partial charge in [0.2, 0.25) is 0 Å². The van der Waals surface area contributed by atoms with E-state index in [0.29, 0.717) is 12.0 Å². The van der Waals surface area contributed by atoms with E-state index in [1.165, 1.54) is 11.3 Å². The Bertz CT molecular complexity index is 487. The zero-order valence-corrected chi connectivity index (χ0v) is 9.87. The summed E-state index contributed by atoms with van der Waals surface area (Å²) in [6.07, 6.45) is 7.64. The van der Waals surface area contributed by atoms with E-state index in [2.05, 4.69) is 32.8 Å². The zero-order chi connectivity index (χ0) is 11.7. The highest BCUT2D eigenvalue weighted by Gasteiger charge is 2.24. The Labute approximate surface area is 101 Å². The van der Waals surface area contributed by atoms with E-state index < -0.39 is 0 Å². The van der Waals surface area contributed by atoms with Crippen molar-refractivity contribution < 1.29 is 0 Å². The van der Waals surface area contributed by atoms with E-state index in [-0.39, 0.29) is 0 Å². The van der Waals surface area contributed by atoms with Crippen LogP contribution in [0.4, 0.5) is 0 Å². The van der Waals surface area contributed by atoms with E-state index in [1.54, 1.807) is 6.20 Å². The summed E-state index contributed by atoms with van der Waals surface area (Å²) in [6.45, 7) is 4.31. The van der Waals surface area contributed by atoms with Crippen LogP contribution in [0.25, 0.3) is 0 Å². The average Bonchev–Trinajstić information content (AvgIpc) is 2.76. The largest absolute Gasteiger partial charge is 0.327 e. The van der Waals surface area contributed by atoms with Crippen LogP contribution < -0.4 is 5.32 Å². The van der Waals surface area contributed by atoms with Gasteiger partial charge in [0.1, 0.15) is 0 Å². The first kappa shape index (κ1) is 10.5. The van der Waals surface area contributed by atoms with Gasteiger partial charge < -0.3 is 9.88 Å². The minimum atomic E-state index is 0.293. The predicted molar refractivity (Wildman–Crippen MR) is 65.9 cm³/mol. The molecule has 1 N–H and O–H groups in total. The molecule has 0 saturated carbocycles. The number of rotatable bonds is 3. The SMILES string of the molecule is CC(c1cccnc1)n1cncc1C1CNC1. The molecule has 4 nitrogen and oxygen atoms in total. The second-order valence-electron chi connectivity index (χ2n) is 4.54. The lowest BCUT2D eigenvalue weighted by Gasteiger charge is -2.29. The molecule has 2 aromatic rings. The predicted octanol–water partition coefficient (Wildman–Crippen LogP) is 1.57. The number of imidazole rings is 1. The molecule has 3 rings (SSSR count). The summed E-state index contributed by atoms with van der Waals surface area (Å²) in [6, 6.07) is 4.38. The molecule has 88 valence electrons. The van der Waals surface area contributed by atoms with E-state index in [0.717, 1.165) is 13.1 Å². The molecule has 1 aliphatic rings. The highest BCUT2D eigenvalue weighted by atomic mass is 15.1. The molecule has 1 unspecified atom stereocenters. The molecule has 1 saturated heterocycles. The number of hydrogen-bond acceptors (Lipinski definition) is 3. The fraction of sp³-hybridized carbons (Fsp3) is 0.385. The van der Waals surface area contributed by atoms with Crippen LogP contribution in [0.5, 0.6) is 0 Å². The van der Waals surface area contributed by atoms with E-state index >= 15 is 0 Å². The normalized spacial score (nSPS) is 17.7. The molecule has 0 amide bonds. The lowest BCUT2D eigenvalue weighted by Crippen LogP contribution is -2.41. The van der Waals surface area contributed by atoms with Crippen LogP contribution in [0.1, 0.15) is 30.1 Å². The van der Waals surface area contributed by atoms with Crippen LogP contribution in [0.2, 0.25) is 0 Å². The first-order chi connectivity index (χ1) is 8.36. The Morgan fingerprint density at radius 1 is 1.35 bits per heavy atom. The maximum absolute atomic E-state index is 4.29. The van der Waals surface area contributed by atoms with Gasteiger partial charge in [-0.05, 0) is 18.6 Å². The quantitative estimate of drug-likeness (QED) is 0.867. The molecule has 17 heavy (non-hydrogen) atoms. The zero-order valence-electron chi connectivity index (χ0n) is 9.87. The minimum absolute atomic E-state index is 0.293. The van der Waals surface area contributed by atoms with Gasteiger partial charge in [0.25, 0.3) is 0 Å². The van der Waals surface area contributed by atoms with Crippen LogP contribution in [0, 0.1) is 0 Å². The Kier molecular flexibility index (Phi) is 2.65. The van der Waals surface area contributed by atoms with Crippen LogP contribution in [-0.2, 0) is 0 Å². The molecule has 0 spiro atoms. The van der Waals surface area contributed by atoms with Crippen molar-refractivity contribution in [3.63, 3.8) is 0 Å². The molecule has 0 radical (unpaired) electrons. The summed E-state index contributed by atoms with van der Waals surface area (Å²) in [7, 11) is 0. The van der Waals surface area contributed by atoms with Crippen molar-refractivity contribution in [2.45, 2.75) is 18.9 Å². The second-order valence-corrected chi connectivity index (χ2v) is 4.54. The molecule has 1 atom stereocenters. The first-order valence-corrected chi connectivity index (χ1v) is 5.98. The molecule has 0 aliphatic carbocycles. The third-order valence-corrected chi connectivity index (χ3v) is 3.48. The van der Waals surface area contributed by atoms with Crippen LogP contribution >= 0.6 is 0 Å². The average molecular weight is 228 g/mol. The van der Waals surface area contributed by atoms with E-state index in [4.69, 9.17) is 0 Å². The number of hydrogen-bond donors (Lipinski definition) is 1. The van der Waals surface area contributed by atoms with Gasteiger partial charge in [0.15, 0.2) is 0 Å². The maximum Gasteiger partial charge on any atom is 0.0953 e. The van der Waals surface area contributed by atoms with E-state index in [9.17, 15) is 0 Å². The van der Waals surface area contributed by atoms with Crippen molar-refractivity contribution in [1.82, 2.24) is 19.9 Å². The van der Waals surface area contributed by atoms with Gasteiger partial charge >= 0.3 is 0 Å². The van der Waals surface area contributed by atoms with Crippen LogP contribution in [0.15, 0.2) is 37.1 Å². The Hall–Kier alpha value is -1.68. The van der Waals surface area contributed by atoms with Gasteiger partial charge in [-0.25, -0.2) is 4.98 Å². The molecule has 3 heterocycles. The molecule has 1 aliphatic heterocycles. The number of nitrogens with one attached hydrogen (secondary N) is 1. The Morgan fingerprint density at radius 2 is 2.24 bits per heavy atom. The Morgan fingerprint density at radius 3 is 2.88 bits per heavy atom. The van der Waals surface area contributed by atoms with E-state index in [1.807, 2.05) is 24.8 Å². The number of pyridine rings is 1. The highest BCUT2D eigenvalue weighted by Crippen LogP contribution is 2.25. The van der Waals surface area contributed by atoms with Gasteiger partial charge in [0, 0.05) is 43.3 Å². The summed E-state index contributed by atoms with van der Waals surface area (Å²) in [5, 5.41) is 3.30. The summed E-state index contributed by atoms with van der Waals surface area (Å²) >= 11 is 0. The van der Waals surface area contributed by atoms with Gasteiger partial charge in [-0.1, -0.05) is 6.07 Å². The monoisotopic (exact) mass is 228 g/mol. The molecule has 1 fully saturated rings. The molecular formula is C13H16N4. The van der Waals surface area contributed by atoms with Gasteiger partial charge in [-0.2, -0.15) is 0 Å². The van der Waals surface area contributed by atoms with Gasteiger partial charge in [-0.15, -0.1) is 0 Å². The standard InChI is InChI=1S/C13H16N4/c1-10(11-3-2-4-14-5-11)17-9-16-8-13(17)12-6-15-7-12/h2-5,8-10,12,15H,6-7H2,1H3. The third-order valence-electron chi connectivity index (χ3n) is 3.48. The molecule has 0 bridgehead atoms. The topological polar surface area (TPSA) is 42.7 Å². The fourth-order valence-electron chi connectivity index (χ4n) is 2.24. The minimum Gasteiger partial charge on any atom is -0.327 e. The first-order valence-electron chi connectivity index (χ1n) is 5.98. The lowest BCUT2D eigenvalue weighted by atomic mass is 9.99. The summed E-state index contributed by atoms with van der Waals surface area (Å²) < 4.78 is 2.25. The lowest BCUT2D eigenvalue weighted by molar-refractivity contribution is 0.418. The third kappa shape index (κ3) is 1.85. The van der Waals surface area contributed by atoms with Crippen LogP contribution in [-0.4, -0.2) is 27.6 Å². The molecule has 2 aromatic heterocycles. The highest BCUT2D eigenvalue weighted by molar-refractivity contribution is 5.19. The molecule has 0 aromatic carbocycles. The van der Waals surface area contributed by atoms with Crippen molar-refractivity contribution in [2.24, 2.45) is 0 Å². The number of aromatic nitrogens is 3. The summed E-state index contributed by atoms with van der Waals surface area (Å²) in [5.74, 6) is 0.608. The molecule has 4 heteroatoms. The van der Waals surface area contributed by atoms with Crippen LogP contribution in [0.3, 0.4) is 0 Å². The second kappa shape index (κ2) is 4.30. The smallest absolute Gasteiger partial charge is 0.0953 e. The summed E-state index contributed by atoms with van der Waals surface area (Å²) in [4.78, 5) is 8.46. The van der Waals surface area contributed by atoms with Crippen molar-refractivity contribution in [3.05, 3.63) is 48.3 Å². The van der Waals surface area contributed by atoms with Crippen molar-refractivity contribution in [2.75, 3.05) is 13.1 Å². The van der Waals surface area contributed by atoms with Crippen molar-refractivity contribution in [1.29, 1.82) is 0 Å². The molecular weight excluding hydrogens is 212 g/mol. The maximum atomic E-state index is 4.29.